The lowest BCUT2D eigenvalue weighted by Crippen LogP contribution is -2.29. The van der Waals surface area contributed by atoms with Crippen LogP contribution in [0.15, 0.2) is 35.5 Å². The first-order valence-corrected chi connectivity index (χ1v) is 5.86. The summed E-state index contributed by atoms with van der Waals surface area (Å²) < 4.78 is 0. The molecule has 1 heterocycles. The van der Waals surface area contributed by atoms with Crippen LogP contribution in [-0.2, 0) is 0 Å². The van der Waals surface area contributed by atoms with Gasteiger partial charge in [0, 0.05) is 19.1 Å². The summed E-state index contributed by atoms with van der Waals surface area (Å²) in [5.74, 6) is 0. The van der Waals surface area contributed by atoms with Crippen molar-refractivity contribution in [3.05, 3.63) is 35.5 Å². The molecular weight excluding hydrogens is 182 g/mol. The van der Waals surface area contributed by atoms with Crippen LogP contribution in [0.4, 0.5) is 0 Å². The summed E-state index contributed by atoms with van der Waals surface area (Å²) in [5, 5.41) is 0. The molecule has 1 aliphatic heterocycles. The highest BCUT2D eigenvalue weighted by molar-refractivity contribution is 5.21. The maximum Gasteiger partial charge on any atom is 0.0286 e. The van der Waals surface area contributed by atoms with Crippen molar-refractivity contribution >= 4 is 0 Å². The van der Waals surface area contributed by atoms with E-state index < -0.39 is 0 Å². The molecule has 0 radical (unpaired) electrons. The molecule has 0 N–H and O–H groups in total. The molecule has 1 rings (SSSR count). The first kappa shape index (κ1) is 12.3. The lowest BCUT2D eigenvalue weighted by atomic mass is 10.1. The van der Waals surface area contributed by atoms with Crippen LogP contribution >= 0.6 is 0 Å². The fourth-order valence-corrected chi connectivity index (χ4v) is 1.98. The van der Waals surface area contributed by atoms with Crippen molar-refractivity contribution in [1.29, 1.82) is 0 Å². The number of hydrogen-bond donors (Lipinski definition) is 0. The minimum absolute atomic E-state index is 0.607. The third kappa shape index (κ3) is 3.35. The Morgan fingerprint density at radius 3 is 2.80 bits per heavy atom. The van der Waals surface area contributed by atoms with Crippen LogP contribution in [0.1, 0.15) is 34.1 Å². The van der Waals surface area contributed by atoms with Gasteiger partial charge in [0.2, 0.25) is 0 Å². The van der Waals surface area contributed by atoms with E-state index in [0.717, 1.165) is 6.54 Å². The molecule has 1 aliphatic rings. The van der Waals surface area contributed by atoms with Crippen molar-refractivity contribution in [2.24, 2.45) is 0 Å². The number of likely N-dealkylation sites (tertiary alicyclic amines) is 1. The van der Waals surface area contributed by atoms with E-state index in [1.54, 1.807) is 5.57 Å². The lowest BCUT2D eigenvalue weighted by Gasteiger charge is -2.21. The second kappa shape index (κ2) is 5.92. The van der Waals surface area contributed by atoms with E-state index in [-0.39, 0.29) is 0 Å². The van der Waals surface area contributed by atoms with Crippen LogP contribution in [0.5, 0.6) is 0 Å². The van der Waals surface area contributed by atoms with Crippen LogP contribution in [0.2, 0.25) is 0 Å². The van der Waals surface area contributed by atoms with E-state index in [9.17, 15) is 0 Å². The molecule has 0 bridgehead atoms. The molecule has 0 aromatic rings. The SMILES string of the molecule is C/C=C\C=C1/CCN(C/C(C)=C\C)C1C. The van der Waals surface area contributed by atoms with Gasteiger partial charge in [-0.15, -0.1) is 0 Å². The van der Waals surface area contributed by atoms with Crippen LogP contribution in [0.3, 0.4) is 0 Å². The molecule has 0 saturated carbocycles. The van der Waals surface area contributed by atoms with E-state index >= 15 is 0 Å². The van der Waals surface area contributed by atoms with Crippen LogP contribution in [-0.4, -0.2) is 24.0 Å². The van der Waals surface area contributed by atoms with Crippen molar-refractivity contribution in [2.45, 2.75) is 40.2 Å². The van der Waals surface area contributed by atoms with Gasteiger partial charge >= 0.3 is 0 Å². The zero-order valence-corrected chi connectivity index (χ0v) is 10.5. The van der Waals surface area contributed by atoms with Crippen molar-refractivity contribution in [3.8, 4) is 0 Å². The van der Waals surface area contributed by atoms with E-state index in [1.807, 2.05) is 0 Å². The summed E-state index contributed by atoms with van der Waals surface area (Å²) in [7, 11) is 0. The second-order valence-corrected chi connectivity index (χ2v) is 4.30. The zero-order valence-electron chi connectivity index (χ0n) is 10.5. The van der Waals surface area contributed by atoms with Crippen molar-refractivity contribution in [2.75, 3.05) is 13.1 Å². The Hall–Kier alpha value is -0.820. The smallest absolute Gasteiger partial charge is 0.0286 e. The summed E-state index contributed by atoms with van der Waals surface area (Å²) in [6.07, 6.45) is 9.95. The highest BCUT2D eigenvalue weighted by Crippen LogP contribution is 2.23. The van der Waals surface area contributed by atoms with Gasteiger partial charge < -0.3 is 0 Å². The normalized spacial score (nSPS) is 27.1. The van der Waals surface area contributed by atoms with Gasteiger partial charge in [0.05, 0.1) is 0 Å². The number of rotatable bonds is 3. The summed E-state index contributed by atoms with van der Waals surface area (Å²) >= 11 is 0. The molecule has 84 valence electrons. The Bertz CT molecular complexity index is 284. The number of allylic oxidation sites excluding steroid dienone is 4. The van der Waals surface area contributed by atoms with Gasteiger partial charge in [-0.25, -0.2) is 0 Å². The van der Waals surface area contributed by atoms with Crippen LogP contribution < -0.4 is 0 Å². The highest BCUT2D eigenvalue weighted by atomic mass is 15.2. The molecule has 1 unspecified atom stereocenters. The molecule has 0 aliphatic carbocycles. The van der Waals surface area contributed by atoms with E-state index in [4.69, 9.17) is 0 Å². The molecule has 0 spiro atoms. The molecule has 1 saturated heterocycles. The minimum Gasteiger partial charge on any atom is -0.293 e. The van der Waals surface area contributed by atoms with Gasteiger partial charge in [0.15, 0.2) is 0 Å². The van der Waals surface area contributed by atoms with Crippen LogP contribution in [0.25, 0.3) is 0 Å². The summed E-state index contributed by atoms with van der Waals surface area (Å²) in [6, 6.07) is 0.607. The van der Waals surface area contributed by atoms with Gasteiger partial charge in [0.25, 0.3) is 0 Å². The number of nitrogens with zero attached hydrogens (tertiary/aromatic N) is 1. The van der Waals surface area contributed by atoms with Crippen LogP contribution in [0, 0.1) is 0 Å². The summed E-state index contributed by atoms with van der Waals surface area (Å²) in [6.45, 7) is 11.0. The van der Waals surface area contributed by atoms with Gasteiger partial charge in [0.1, 0.15) is 0 Å². The maximum absolute atomic E-state index is 2.55. The van der Waals surface area contributed by atoms with Crippen molar-refractivity contribution < 1.29 is 0 Å². The summed E-state index contributed by atoms with van der Waals surface area (Å²) in [4.78, 5) is 2.55. The Morgan fingerprint density at radius 2 is 2.20 bits per heavy atom. The van der Waals surface area contributed by atoms with Crippen molar-refractivity contribution in [3.63, 3.8) is 0 Å². The predicted octanol–water partition coefficient (Wildman–Crippen LogP) is 3.55. The average Bonchev–Trinajstić information content (AvgIpc) is 2.57. The molecular formula is C14H23N. The second-order valence-electron chi connectivity index (χ2n) is 4.30. The molecule has 1 fully saturated rings. The molecule has 1 nitrogen and oxygen atoms in total. The standard InChI is InChI=1S/C14H23N/c1-5-7-8-14-9-10-15(13(14)4)11-12(3)6-2/h5-8,13H,9-11H2,1-4H3/b7-5-,12-6-,14-8+. The van der Waals surface area contributed by atoms with Gasteiger partial charge in [-0.05, 0) is 34.1 Å². The average molecular weight is 205 g/mol. The van der Waals surface area contributed by atoms with E-state index in [1.165, 1.54) is 18.5 Å². The molecule has 15 heavy (non-hydrogen) atoms. The first-order chi connectivity index (χ1) is 7.19. The Kier molecular flexibility index (Phi) is 4.83. The fourth-order valence-electron chi connectivity index (χ4n) is 1.98. The van der Waals surface area contributed by atoms with Gasteiger partial charge in [-0.3, -0.25) is 4.90 Å². The first-order valence-electron chi connectivity index (χ1n) is 5.86. The lowest BCUT2D eigenvalue weighted by molar-refractivity contribution is 0.306. The highest BCUT2D eigenvalue weighted by Gasteiger charge is 2.24. The van der Waals surface area contributed by atoms with E-state index in [0.29, 0.717) is 6.04 Å². The van der Waals surface area contributed by atoms with Gasteiger partial charge in [-0.1, -0.05) is 35.5 Å². The number of hydrogen-bond acceptors (Lipinski definition) is 1. The zero-order chi connectivity index (χ0) is 11.3. The monoisotopic (exact) mass is 205 g/mol. The quantitative estimate of drug-likeness (QED) is 0.637. The molecule has 1 atom stereocenters. The van der Waals surface area contributed by atoms with Gasteiger partial charge in [-0.2, -0.15) is 0 Å². The Morgan fingerprint density at radius 1 is 1.47 bits per heavy atom. The largest absolute Gasteiger partial charge is 0.293 e. The Balaban J connectivity index is 2.60. The maximum atomic E-state index is 2.55. The van der Waals surface area contributed by atoms with E-state index in [2.05, 4.69) is 56.9 Å². The summed E-state index contributed by atoms with van der Waals surface area (Å²) in [5.41, 5.74) is 3.03. The molecule has 0 amide bonds. The molecule has 0 aromatic heterocycles. The fraction of sp³-hybridized carbons (Fsp3) is 0.571. The Labute approximate surface area is 94.2 Å². The third-order valence-electron chi connectivity index (χ3n) is 3.22. The minimum atomic E-state index is 0.607. The predicted molar refractivity (Wildman–Crippen MR) is 68.0 cm³/mol. The van der Waals surface area contributed by atoms with Crippen molar-refractivity contribution in [1.82, 2.24) is 4.90 Å². The molecule has 0 aromatic carbocycles. The molecule has 1 heteroatoms. The topological polar surface area (TPSA) is 3.24 Å². The third-order valence-corrected chi connectivity index (χ3v) is 3.22.